The predicted octanol–water partition coefficient (Wildman–Crippen LogP) is 4.60. The van der Waals surface area contributed by atoms with Gasteiger partial charge in [-0.25, -0.2) is 0 Å². The van der Waals surface area contributed by atoms with Crippen LogP contribution in [0, 0.1) is 12.8 Å². The molecule has 1 aromatic carbocycles. The molecule has 1 N–H and O–H groups in total. The average molecular weight is 350 g/mol. The number of carboxylic acids is 1. The molecule has 0 spiro atoms. The molecular weight excluding hydrogens is 330 g/mol. The van der Waals surface area contributed by atoms with Crippen LogP contribution in [0.5, 0.6) is 0 Å². The van der Waals surface area contributed by atoms with Crippen LogP contribution in [0.15, 0.2) is 35.7 Å². The highest BCUT2D eigenvalue weighted by Crippen LogP contribution is 2.36. The van der Waals surface area contributed by atoms with E-state index in [1.807, 2.05) is 12.1 Å². The molecule has 23 heavy (non-hydrogen) atoms. The van der Waals surface area contributed by atoms with E-state index in [1.165, 1.54) is 16.0 Å². The maximum Gasteiger partial charge on any atom is 0.306 e. The third-order valence-corrected chi connectivity index (χ3v) is 5.80. The molecule has 3 rings (SSSR count). The summed E-state index contributed by atoms with van der Waals surface area (Å²) in [5, 5.41) is 12.1. The van der Waals surface area contributed by atoms with Gasteiger partial charge in [-0.2, -0.15) is 0 Å². The summed E-state index contributed by atoms with van der Waals surface area (Å²) < 4.78 is 0. The number of nitrogens with zero attached hydrogens (tertiary/aromatic N) is 1. The standard InChI is InChI=1S/C18H20ClNO2S/c1-12-10-16(23-11-12)17(13-2-4-15(19)5-3-13)20-8-6-14(7-9-20)18(21)22/h2-5,10-11,14,17H,6-9H2,1H3,(H,21,22). The van der Waals surface area contributed by atoms with Crippen LogP contribution >= 0.6 is 22.9 Å². The molecule has 1 fully saturated rings. The third kappa shape index (κ3) is 3.77. The summed E-state index contributed by atoms with van der Waals surface area (Å²) in [5.41, 5.74) is 2.48. The van der Waals surface area contributed by atoms with Crippen molar-refractivity contribution in [3.8, 4) is 0 Å². The molecule has 0 radical (unpaired) electrons. The number of likely N-dealkylation sites (tertiary alicyclic amines) is 1. The average Bonchev–Trinajstić information content (AvgIpc) is 2.96. The number of aliphatic carboxylic acids is 1. The molecule has 0 bridgehead atoms. The van der Waals surface area contributed by atoms with Crippen molar-refractivity contribution in [2.45, 2.75) is 25.8 Å². The van der Waals surface area contributed by atoms with Gasteiger partial charge in [0.15, 0.2) is 0 Å². The third-order valence-electron chi connectivity index (χ3n) is 4.45. The van der Waals surface area contributed by atoms with Crippen molar-refractivity contribution in [2.75, 3.05) is 13.1 Å². The van der Waals surface area contributed by atoms with E-state index in [9.17, 15) is 9.90 Å². The number of carbonyl (C=O) groups is 1. The van der Waals surface area contributed by atoms with Crippen molar-refractivity contribution in [3.05, 3.63) is 56.7 Å². The number of rotatable bonds is 4. The van der Waals surface area contributed by atoms with E-state index in [0.717, 1.165) is 18.1 Å². The summed E-state index contributed by atoms with van der Waals surface area (Å²) in [7, 11) is 0. The molecule has 3 nitrogen and oxygen atoms in total. The first-order valence-electron chi connectivity index (χ1n) is 7.82. The maximum absolute atomic E-state index is 11.2. The van der Waals surface area contributed by atoms with E-state index in [2.05, 4.69) is 35.4 Å². The summed E-state index contributed by atoms with van der Waals surface area (Å²) in [6.07, 6.45) is 1.42. The predicted molar refractivity (Wildman–Crippen MR) is 94.3 cm³/mol. The van der Waals surface area contributed by atoms with E-state index in [0.29, 0.717) is 12.8 Å². The lowest BCUT2D eigenvalue weighted by molar-refractivity contribution is -0.143. The highest BCUT2D eigenvalue weighted by molar-refractivity contribution is 7.10. The maximum atomic E-state index is 11.2. The number of thiophene rings is 1. The Morgan fingerprint density at radius 2 is 1.96 bits per heavy atom. The summed E-state index contributed by atoms with van der Waals surface area (Å²) in [6.45, 7) is 3.72. The van der Waals surface area contributed by atoms with Gasteiger partial charge in [0.2, 0.25) is 0 Å². The first-order chi connectivity index (χ1) is 11.0. The van der Waals surface area contributed by atoms with Gasteiger partial charge in [-0.3, -0.25) is 9.69 Å². The fourth-order valence-electron chi connectivity index (χ4n) is 3.20. The van der Waals surface area contributed by atoms with Gasteiger partial charge in [-0.05, 0) is 67.6 Å². The quantitative estimate of drug-likeness (QED) is 0.877. The molecule has 1 atom stereocenters. The van der Waals surface area contributed by atoms with Crippen LogP contribution < -0.4 is 0 Å². The number of aryl methyl sites for hydroxylation is 1. The van der Waals surface area contributed by atoms with Crippen LogP contribution in [0.4, 0.5) is 0 Å². The highest BCUT2D eigenvalue weighted by Gasteiger charge is 2.30. The van der Waals surface area contributed by atoms with Gasteiger partial charge in [-0.15, -0.1) is 11.3 Å². The fraction of sp³-hybridized carbons (Fsp3) is 0.389. The second-order valence-electron chi connectivity index (χ2n) is 6.13. The van der Waals surface area contributed by atoms with Crippen molar-refractivity contribution in [2.24, 2.45) is 5.92 Å². The minimum atomic E-state index is -0.667. The Morgan fingerprint density at radius 1 is 1.30 bits per heavy atom. The van der Waals surface area contributed by atoms with Crippen molar-refractivity contribution in [3.63, 3.8) is 0 Å². The normalized spacial score (nSPS) is 18.0. The van der Waals surface area contributed by atoms with Crippen LogP contribution in [0.3, 0.4) is 0 Å². The lowest BCUT2D eigenvalue weighted by Crippen LogP contribution is -2.39. The zero-order valence-corrected chi connectivity index (χ0v) is 14.6. The first kappa shape index (κ1) is 16.5. The lowest BCUT2D eigenvalue weighted by atomic mass is 9.93. The van der Waals surface area contributed by atoms with Crippen molar-refractivity contribution >= 4 is 28.9 Å². The number of carboxylic acid groups (broad SMARTS) is 1. The smallest absolute Gasteiger partial charge is 0.306 e. The van der Waals surface area contributed by atoms with Crippen LogP contribution in [0.2, 0.25) is 5.02 Å². The molecule has 0 saturated carbocycles. The molecule has 122 valence electrons. The van der Waals surface area contributed by atoms with Crippen LogP contribution in [-0.2, 0) is 4.79 Å². The van der Waals surface area contributed by atoms with Crippen molar-refractivity contribution < 1.29 is 9.90 Å². The highest BCUT2D eigenvalue weighted by atomic mass is 35.5. The van der Waals surface area contributed by atoms with E-state index < -0.39 is 5.97 Å². The molecule has 0 amide bonds. The summed E-state index contributed by atoms with van der Waals surface area (Å²) in [6, 6.07) is 10.4. The topological polar surface area (TPSA) is 40.5 Å². The van der Waals surface area contributed by atoms with E-state index in [1.54, 1.807) is 11.3 Å². The number of hydrogen-bond acceptors (Lipinski definition) is 3. The van der Waals surface area contributed by atoms with Gasteiger partial charge in [0.05, 0.1) is 12.0 Å². The van der Waals surface area contributed by atoms with Crippen molar-refractivity contribution in [1.29, 1.82) is 0 Å². The zero-order valence-electron chi connectivity index (χ0n) is 13.0. The Labute approximate surface area is 145 Å². The van der Waals surface area contributed by atoms with Crippen molar-refractivity contribution in [1.82, 2.24) is 4.90 Å². The number of halogens is 1. The van der Waals surface area contributed by atoms with Gasteiger partial charge in [0.25, 0.3) is 0 Å². The molecule has 1 aromatic heterocycles. The lowest BCUT2D eigenvalue weighted by Gasteiger charge is -2.36. The molecule has 1 aliphatic heterocycles. The summed E-state index contributed by atoms with van der Waals surface area (Å²) in [5.74, 6) is -0.873. The van der Waals surface area contributed by atoms with Crippen LogP contribution in [0.25, 0.3) is 0 Å². The molecule has 2 heterocycles. The number of benzene rings is 1. The largest absolute Gasteiger partial charge is 0.481 e. The minimum absolute atomic E-state index is 0.181. The summed E-state index contributed by atoms with van der Waals surface area (Å²) in [4.78, 5) is 14.9. The second-order valence-corrected chi connectivity index (χ2v) is 7.51. The molecule has 0 aliphatic carbocycles. The number of piperidine rings is 1. The van der Waals surface area contributed by atoms with Gasteiger partial charge in [-0.1, -0.05) is 23.7 Å². The van der Waals surface area contributed by atoms with E-state index in [-0.39, 0.29) is 12.0 Å². The van der Waals surface area contributed by atoms with Gasteiger partial charge < -0.3 is 5.11 Å². The monoisotopic (exact) mass is 349 g/mol. The Balaban J connectivity index is 1.87. The summed E-state index contributed by atoms with van der Waals surface area (Å²) >= 11 is 7.80. The van der Waals surface area contributed by atoms with E-state index in [4.69, 9.17) is 11.6 Å². The van der Waals surface area contributed by atoms with Gasteiger partial charge >= 0.3 is 5.97 Å². The fourth-order valence-corrected chi connectivity index (χ4v) is 4.39. The molecular formula is C18H20ClNO2S. The molecule has 1 unspecified atom stereocenters. The van der Waals surface area contributed by atoms with Crippen LogP contribution in [-0.4, -0.2) is 29.1 Å². The first-order valence-corrected chi connectivity index (χ1v) is 9.07. The molecule has 1 saturated heterocycles. The Morgan fingerprint density at radius 3 is 2.48 bits per heavy atom. The minimum Gasteiger partial charge on any atom is -0.481 e. The van der Waals surface area contributed by atoms with Gasteiger partial charge in [0.1, 0.15) is 0 Å². The molecule has 1 aliphatic rings. The second kappa shape index (κ2) is 7.04. The molecule has 2 aromatic rings. The number of hydrogen-bond donors (Lipinski definition) is 1. The van der Waals surface area contributed by atoms with E-state index >= 15 is 0 Å². The van der Waals surface area contributed by atoms with Gasteiger partial charge in [0, 0.05) is 9.90 Å². The SMILES string of the molecule is Cc1csc(C(c2ccc(Cl)cc2)N2CCC(C(=O)O)CC2)c1. The van der Waals surface area contributed by atoms with Crippen LogP contribution in [0.1, 0.15) is 34.9 Å². The Bertz CT molecular complexity index is 675. The zero-order chi connectivity index (χ0) is 16.4. The molecule has 5 heteroatoms. The Kier molecular flexibility index (Phi) is 5.05. The Hall–Kier alpha value is -1.36.